The highest BCUT2D eigenvalue weighted by Gasteiger charge is 2.14. The van der Waals surface area contributed by atoms with Crippen LogP contribution >= 0.6 is 0 Å². The van der Waals surface area contributed by atoms with Crippen LogP contribution in [0.3, 0.4) is 0 Å². The zero-order valence-electron chi connectivity index (χ0n) is 15.0. The average Bonchev–Trinajstić information content (AvgIpc) is 2.75. The molecule has 0 radical (unpaired) electrons. The Morgan fingerprint density at radius 2 is 1.61 bits per heavy atom. The van der Waals surface area contributed by atoms with E-state index >= 15 is 0 Å². The molecule has 5 nitrogen and oxygen atoms in total. The van der Waals surface area contributed by atoms with Crippen molar-refractivity contribution in [1.29, 1.82) is 0 Å². The van der Waals surface area contributed by atoms with E-state index in [1.54, 1.807) is 12.1 Å². The van der Waals surface area contributed by atoms with Crippen LogP contribution in [0.25, 0.3) is 33.8 Å². The van der Waals surface area contributed by atoms with Crippen molar-refractivity contribution in [3.05, 3.63) is 101 Å². The van der Waals surface area contributed by atoms with Gasteiger partial charge in [0.2, 0.25) is 0 Å². The summed E-state index contributed by atoms with van der Waals surface area (Å²) in [5, 5.41) is 18.1. The summed E-state index contributed by atoms with van der Waals surface area (Å²) in [5.41, 5.74) is 3.54. The van der Waals surface area contributed by atoms with Gasteiger partial charge < -0.3 is 5.21 Å². The van der Waals surface area contributed by atoms with Gasteiger partial charge in [-0.05, 0) is 47.5 Å². The third-order valence-corrected chi connectivity index (χ3v) is 4.50. The molecular formula is C23H17N3O2. The molecule has 0 aliphatic rings. The molecule has 4 rings (SSSR count). The Balaban J connectivity index is 2.08. The van der Waals surface area contributed by atoms with Crippen LogP contribution in [-0.2, 0) is 0 Å². The molecule has 28 heavy (non-hydrogen) atoms. The van der Waals surface area contributed by atoms with Crippen molar-refractivity contribution >= 4 is 23.1 Å². The van der Waals surface area contributed by atoms with Gasteiger partial charge in [-0.1, -0.05) is 54.2 Å². The number of benzene rings is 3. The molecule has 1 heterocycles. The first-order chi connectivity index (χ1) is 13.7. The smallest absolute Gasteiger partial charge is 0.279 e. The average molecular weight is 367 g/mol. The van der Waals surface area contributed by atoms with Crippen molar-refractivity contribution in [1.82, 2.24) is 9.78 Å². The van der Waals surface area contributed by atoms with E-state index in [1.165, 1.54) is 10.9 Å². The zero-order valence-corrected chi connectivity index (χ0v) is 15.0. The molecule has 0 amide bonds. The molecule has 4 aromatic rings. The first-order valence-electron chi connectivity index (χ1n) is 8.74. The molecule has 0 bridgehead atoms. The largest absolute Gasteiger partial charge is 0.411 e. The molecule has 0 fully saturated rings. The molecule has 0 unspecified atom stereocenters. The van der Waals surface area contributed by atoms with E-state index in [1.807, 2.05) is 66.7 Å². The summed E-state index contributed by atoms with van der Waals surface area (Å²) < 4.78 is 1.41. The van der Waals surface area contributed by atoms with Gasteiger partial charge in [-0.15, -0.1) is 0 Å². The van der Waals surface area contributed by atoms with Crippen molar-refractivity contribution in [2.75, 3.05) is 0 Å². The summed E-state index contributed by atoms with van der Waals surface area (Å²) in [6.45, 7) is 3.83. The van der Waals surface area contributed by atoms with E-state index in [0.29, 0.717) is 22.3 Å². The van der Waals surface area contributed by atoms with E-state index in [0.717, 1.165) is 16.5 Å². The first-order valence-corrected chi connectivity index (χ1v) is 8.74. The zero-order chi connectivity index (χ0) is 19.5. The van der Waals surface area contributed by atoms with Gasteiger partial charge in [-0.3, -0.25) is 4.79 Å². The Morgan fingerprint density at radius 3 is 2.32 bits per heavy atom. The Morgan fingerprint density at radius 1 is 0.929 bits per heavy atom. The molecule has 0 aliphatic carbocycles. The molecule has 0 aliphatic heterocycles. The molecule has 0 saturated heterocycles. The molecule has 5 heteroatoms. The summed E-state index contributed by atoms with van der Waals surface area (Å²) >= 11 is 0. The highest BCUT2D eigenvalue weighted by atomic mass is 16.4. The highest BCUT2D eigenvalue weighted by molar-refractivity contribution is 5.95. The third-order valence-electron chi connectivity index (χ3n) is 4.50. The number of hydrogen-bond donors (Lipinski definition) is 1. The van der Waals surface area contributed by atoms with Gasteiger partial charge in [0.25, 0.3) is 5.56 Å². The maximum atomic E-state index is 13.0. The van der Waals surface area contributed by atoms with E-state index in [2.05, 4.69) is 16.8 Å². The number of hydrogen-bond acceptors (Lipinski definition) is 4. The normalized spacial score (nSPS) is 11.1. The minimum Gasteiger partial charge on any atom is -0.411 e. The Labute approximate surface area is 161 Å². The molecular weight excluding hydrogens is 350 g/mol. The SMILES string of the molecule is C=Cc1cc(C=NO)cc(-c2nn(-c3ccccc3)c(=O)c3ccccc23)c1. The van der Waals surface area contributed by atoms with Crippen LogP contribution in [0.2, 0.25) is 0 Å². The van der Waals surface area contributed by atoms with E-state index in [4.69, 9.17) is 5.21 Å². The Bertz CT molecular complexity index is 1260. The van der Waals surface area contributed by atoms with Crippen LogP contribution in [0.4, 0.5) is 0 Å². The minimum atomic E-state index is -0.178. The van der Waals surface area contributed by atoms with Gasteiger partial charge in [-0.2, -0.15) is 9.78 Å². The summed E-state index contributed by atoms with van der Waals surface area (Å²) in [6, 6.07) is 22.4. The van der Waals surface area contributed by atoms with Gasteiger partial charge in [-0.25, -0.2) is 0 Å². The summed E-state index contributed by atoms with van der Waals surface area (Å²) in [6.07, 6.45) is 3.07. The van der Waals surface area contributed by atoms with Crippen LogP contribution in [0.1, 0.15) is 11.1 Å². The fourth-order valence-corrected chi connectivity index (χ4v) is 3.22. The van der Waals surface area contributed by atoms with E-state index in [9.17, 15) is 4.79 Å². The topological polar surface area (TPSA) is 67.5 Å². The van der Waals surface area contributed by atoms with Crippen molar-refractivity contribution < 1.29 is 5.21 Å². The second-order valence-electron chi connectivity index (χ2n) is 6.28. The standard InChI is InChI=1S/C23H17N3O2/c1-2-16-12-17(15-24-28)14-18(13-16)22-20-10-6-7-11-21(20)23(27)26(25-22)19-8-4-3-5-9-19/h2-15,28H,1H2. The lowest BCUT2D eigenvalue weighted by Crippen LogP contribution is -2.22. The van der Waals surface area contributed by atoms with Gasteiger partial charge in [0.15, 0.2) is 0 Å². The molecule has 3 aromatic carbocycles. The van der Waals surface area contributed by atoms with Crippen molar-refractivity contribution in [3.8, 4) is 16.9 Å². The number of rotatable bonds is 4. The van der Waals surface area contributed by atoms with Gasteiger partial charge in [0.1, 0.15) is 0 Å². The lowest BCUT2D eigenvalue weighted by molar-refractivity contribution is 0.322. The lowest BCUT2D eigenvalue weighted by Gasteiger charge is -2.12. The van der Waals surface area contributed by atoms with Crippen LogP contribution in [0.5, 0.6) is 0 Å². The van der Waals surface area contributed by atoms with E-state index < -0.39 is 0 Å². The van der Waals surface area contributed by atoms with Crippen molar-refractivity contribution in [2.24, 2.45) is 5.16 Å². The Hall–Kier alpha value is -3.99. The predicted octanol–water partition coefficient (Wildman–Crippen LogP) is 4.50. The second kappa shape index (κ2) is 7.32. The van der Waals surface area contributed by atoms with Gasteiger partial charge >= 0.3 is 0 Å². The summed E-state index contributed by atoms with van der Waals surface area (Å²) in [4.78, 5) is 13.0. The molecule has 1 N–H and O–H groups in total. The second-order valence-corrected chi connectivity index (χ2v) is 6.28. The summed E-state index contributed by atoms with van der Waals surface area (Å²) in [7, 11) is 0. The molecule has 0 saturated carbocycles. The molecule has 136 valence electrons. The highest BCUT2D eigenvalue weighted by Crippen LogP contribution is 2.27. The Kier molecular flexibility index (Phi) is 4.56. The number of fused-ring (bicyclic) bond motifs is 1. The first kappa shape index (κ1) is 17.4. The monoisotopic (exact) mass is 367 g/mol. The maximum Gasteiger partial charge on any atom is 0.279 e. The quantitative estimate of drug-likeness (QED) is 0.328. The van der Waals surface area contributed by atoms with Crippen molar-refractivity contribution in [3.63, 3.8) is 0 Å². The fourth-order valence-electron chi connectivity index (χ4n) is 3.22. The number of nitrogens with zero attached hydrogens (tertiary/aromatic N) is 3. The predicted molar refractivity (Wildman–Crippen MR) is 112 cm³/mol. The van der Waals surface area contributed by atoms with E-state index in [-0.39, 0.29) is 5.56 Å². The number of aromatic nitrogens is 2. The molecule has 0 spiro atoms. The summed E-state index contributed by atoms with van der Waals surface area (Å²) in [5.74, 6) is 0. The maximum absolute atomic E-state index is 13.0. The van der Waals surface area contributed by atoms with Crippen LogP contribution in [0.15, 0.2) is 89.3 Å². The third kappa shape index (κ3) is 3.10. The van der Waals surface area contributed by atoms with Crippen LogP contribution < -0.4 is 5.56 Å². The van der Waals surface area contributed by atoms with Crippen LogP contribution in [0, 0.1) is 0 Å². The van der Waals surface area contributed by atoms with Crippen LogP contribution in [-0.4, -0.2) is 21.2 Å². The molecule has 0 atom stereocenters. The lowest BCUT2D eigenvalue weighted by atomic mass is 10.00. The molecule has 1 aromatic heterocycles. The number of para-hydroxylation sites is 1. The number of oxime groups is 1. The minimum absolute atomic E-state index is 0.178. The van der Waals surface area contributed by atoms with Gasteiger partial charge in [0, 0.05) is 10.9 Å². The van der Waals surface area contributed by atoms with Gasteiger partial charge in [0.05, 0.1) is 23.0 Å². The fraction of sp³-hybridized carbons (Fsp3) is 0. The van der Waals surface area contributed by atoms with Crippen molar-refractivity contribution in [2.45, 2.75) is 0 Å².